The fourth-order valence-corrected chi connectivity index (χ4v) is 5.60. The van der Waals surface area contributed by atoms with E-state index in [1.807, 2.05) is 13.0 Å². The predicted octanol–water partition coefficient (Wildman–Crippen LogP) is 4.36. The van der Waals surface area contributed by atoms with Crippen molar-refractivity contribution in [2.75, 3.05) is 5.32 Å². The molecular weight excluding hydrogens is 454 g/mol. The average molecular weight is 482 g/mol. The topological polar surface area (TPSA) is 118 Å². The molecule has 1 amide bonds. The zero-order valence-corrected chi connectivity index (χ0v) is 20.3. The first-order valence-electron chi connectivity index (χ1n) is 10.7. The number of nitrogens with zero attached hydrogens (tertiary/aromatic N) is 1. The molecule has 0 heterocycles. The second kappa shape index (κ2) is 10.1. The van der Waals surface area contributed by atoms with Gasteiger partial charge in [0.1, 0.15) is 6.04 Å². The number of hydrogen-bond donors (Lipinski definition) is 2. The fraction of sp³-hybridized carbons (Fsp3) is 0.240. The zero-order valence-electron chi connectivity index (χ0n) is 19.5. The van der Waals surface area contributed by atoms with Crippen LogP contribution in [0, 0.1) is 37.8 Å². The molecule has 0 fully saturated rings. The molecule has 2 N–H and O–H groups in total. The maximum atomic E-state index is 13.4. The summed E-state index contributed by atoms with van der Waals surface area (Å²) >= 11 is 0. The average Bonchev–Trinajstić information content (AvgIpc) is 2.74. The zero-order chi connectivity index (χ0) is 25.0. The van der Waals surface area contributed by atoms with Crippen molar-refractivity contribution in [2.24, 2.45) is 0 Å². The summed E-state index contributed by atoms with van der Waals surface area (Å²) in [7, 11) is -4.05. The minimum atomic E-state index is -4.05. The van der Waals surface area contributed by atoms with E-state index in [4.69, 9.17) is 0 Å². The molecule has 0 radical (unpaired) electrons. The first-order valence-corrected chi connectivity index (χ1v) is 12.2. The van der Waals surface area contributed by atoms with Crippen molar-refractivity contribution < 1.29 is 18.1 Å². The van der Waals surface area contributed by atoms with Gasteiger partial charge in [0.25, 0.3) is 5.69 Å². The molecule has 0 aromatic heterocycles. The van der Waals surface area contributed by atoms with Gasteiger partial charge in [0.2, 0.25) is 15.9 Å². The Morgan fingerprint density at radius 3 is 2.15 bits per heavy atom. The number of anilines is 1. The fourth-order valence-electron chi connectivity index (χ4n) is 3.95. The van der Waals surface area contributed by atoms with Gasteiger partial charge in [-0.2, -0.15) is 4.72 Å². The molecule has 0 aliphatic heterocycles. The Labute approximate surface area is 199 Å². The SMILES string of the molecule is Cc1cc(C)c(S(=O)(=O)N[C@H](Cc2ccccc2)C(=O)Nc2cc([N+](=O)[O-])ccc2C)c(C)c1. The van der Waals surface area contributed by atoms with Crippen LogP contribution in [-0.4, -0.2) is 25.3 Å². The van der Waals surface area contributed by atoms with Gasteiger partial charge in [0, 0.05) is 12.1 Å². The Balaban J connectivity index is 1.97. The van der Waals surface area contributed by atoms with Gasteiger partial charge in [0.05, 0.1) is 15.5 Å². The van der Waals surface area contributed by atoms with Crippen molar-refractivity contribution in [3.63, 3.8) is 0 Å². The lowest BCUT2D eigenvalue weighted by atomic mass is 10.1. The molecule has 0 aliphatic carbocycles. The number of sulfonamides is 1. The molecule has 9 heteroatoms. The molecule has 0 saturated heterocycles. The van der Waals surface area contributed by atoms with Gasteiger partial charge in [-0.15, -0.1) is 0 Å². The normalized spacial score (nSPS) is 12.2. The first kappa shape index (κ1) is 25.1. The van der Waals surface area contributed by atoms with Gasteiger partial charge in [-0.1, -0.05) is 54.1 Å². The van der Waals surface area contributed by atoms with E-state index in [9.17, 15) is 23.3 Å². The minimum Gasteiger partial charge on any atom is -0.324 e. The van der Waals surface area contributed by atoms with Crippen molar-refractivity contribution in [3.05, 3.63) is 98.6 Å². The van der Waals surface area contributed by atoms with Crippen LogP contribution in [0.15, 0.2) is 65.6 Å². The number of non-ortho nitro benzene ring substituents is 1. The van der Waals surface area contributed by atoms with Crippen LogP contribution >= 0.6 is 0 Å². The standard InChI is InChI=1S/C25H27N3O5S/c1-16-12-18(3)24(19(4)13-16)34(32,33)27-23(14-20-8-6-5-7-9-20)25(29)26-22-15-21(28(30)31)11-10-17(22)2/h5-13,15,23,27H,14H2,1-4H3,(H,26,29)/t23-/m1/s1. The van der Waals surface area contributed by atoms with E-state index in [1.165, 1.54) is 18.2 Å². The van der Waals surface area contributed by atoms with Crippen molar-refractivity contribution in [1.29, 1.82) is 0 Å². The number of rotatable bonds is 8. The quantitative estimate of drug-likeness (QED) is 0.366. The maximum absolute atomic E-state index is 13.4. The highest BCUT2D eigenvalue weighted by Gasteiger charge is 2.29. The van der Waals surface area contributed by atoms with Gasteiger partial charge in [-0.25, -0.2) is 8.42 Å². The van der Waals surface area contributed by atoms with Crippen LogP contribution in [0.5, 0.6) is 0 Å². The Bertz CT molecular complexity index is 1310. The van der Waals surface area contributed by atoms with Gasteiger partial charge >= 0.3 is 0 Å². The summed E-state index contributed by atoms with van der Waals surface area (Å²) in [5.41, 5.74) is 3.56. The number of hydrogen-bond acceptors (Lipinski definition) is 5. The lowest BCUT2D eigenvalue weighted by molar-refractivity contribution is -0.384. The summed E-state index contributed by atoms with van der Waals surface area (Å²) in [4.78, 5) is 24.0. The Hall–Kier alpha value is -3.56. The third-order valence-electron chi connectivity index (χ3n) is 5.46. The molecule has 8 nitrogen and oxygen atoms in total. The summed E-state index contributed by atoms with van der Waals surface area (Å²) in [6.07, 6.45) is 0.101. The van der Waals surface area contributed by atoms with Crippen LogP contribution in [0.2, 0.25) is 0 Å². The van der Waals surface area contributed by atoms with Gasteiger partial charge < -0.3 is 5.32 Å². The van der Waals surface area contributed by atoms with E-state index in [1.54, 1.807) is 57.2 Å². The molecule has 0 unspecified atom stereocenters. The summed E-state index contributed by atoms with van der Waals surface area (Å²) in [5.74, 6) is -0.613. The van der Waals surface area contributed by atoms with Gasteiger partial charge in [-0.05, 0) is 56.4 Å². The molecule has 178 valence electrons. The number of benzene rings is 3. The molecule has 3 aromatic carbocycles. The Kier molecular flexibility index (Phi) is 7.48. The maximum Gasteiger partial charge on any atom is 0.271 e. The van der Waals surface area contributed by atoms with E-state index >= 15 is 0 Å². The molecular formula is C25H27N3O5S. The number of aryl methyl sites for hydroxylation is 4. The molecule has 3 aromatic rings. The van der Waals surface area contributed by atoms with Crippen LogP contribution < -0.4 is 10.0 Å². The van der Waals surface area contributed by atoms with Crippen LogP contribution in [0.25, 0.3) is 0 Å². The highest BCUT2D eigenvalue weighted by Crippen LogP contribution is 2.24. The van der Waals surface area contributed by atoms with Crippen molar-refractivity contribution in [2.45, 2.75) is 45.1 Å². The second-order valence-electron chi connectivity index (χ2n) is 8.34. The lowest BCUT2D eigenvalue weighted by Crippen LogP contribution is -2.45. The summed E-state index contributed by atoms with van der Waals surface area (Å²) in [5, 5.41) is 13.8. The second-order valence-corrected chi connectivity index (χ2v) is 9.99. The number of nitro groups is 1. The molecule has 0 spiro atoms. The summed E-state index contributed by atoms with van der Waals surface area (Å²) in [6, 6.07) is 15.6. The van der Waals surface area contributed by atoms with Crippen molar-refractivity contribution in [1.82, 2.24) is 4.72 Å². The first-order chi connectivity index (χ1) is 16.0. The van der Waals surface area contributed by atoms with E-state index in [2.05, 4.69) is 10.0 Å². The highest BCUT2D eigenvalue weighted by atomic mass is 32.2. The minimum absolute atomic E-state index is 0.101. The van der Waals surface area contributed by atoms with E-state index < -0.39 is 26.9 Å². The van der Waals surface area contributed by atoms with E-state index in [0.717, 1.165) is 11.1 Å². The Morgan fingerprint density at radius 1 is 0.941 bits per heavy atom. The number of nitro benzene ring substituents is 1. The smallest absolute Gasteiger partial charge is 0.271 e. The molecule has 0 saturated carbocycles. The largest absolute Gasteiger partial charge is 0.324 e. The van der Waals surface area contributed by atoms with E-state index in [-0.39, 0.29) is 22.7 Å². The Morgan fingerprint density at radius 2 is 1.56 bits per heavy atom. The van der Waals surface area contributed by atoms with Gasteiger partial charge in [-0.3, -0.25) is 14.9 Å². The predicted molar refractivity (Wildman–Crippen MR) is 131 cm³/mol. The van der Waals surface area contributed by atoms with E-state index in [0.29, 0.717) is 16.7 Å². The van der Waals surface area contributed by atoms with Gasteiger partial charge in [0.15, 0.2) is 0 Å². The van der Waals surface area contributed by atoms with Crippen molar-refractivity contribution >= 4 is 27.3 Å². The molecule has 0 bridgehead atoms. The third-order valence-corrected chi connectivity index (χ3v) is 7.24. The van der Waals surface area contributed by atoms with Crippen LogP contribution in [0.3, 0.4) is 0 Å². The summed E-state index contributed by atoms with van der Waals surface area (Å²) in [6.45, 7) is 7.02. The number of carbonyl (C=O) groups is 1. The molecule has 1 atom stereocenters. The number of amides is 1. The lowest BCUT2D eigenvalue weighted by Gasteiger charge is -2.21. The van der Waals surface area contributed by atoms with Crippen LogP contribution in [0.1, 0.15) is 27.8 Å². The number of carbonyl (C=O) groups excluding carboxylic acids is 1. The third kappa shape index (κ3) is 5.86. The molecule has 34 heavy (non-hydrogen) atoms. The summed E-state index contributed by atoms with van der Waals surface area (Å²) < 4.78 is 29.3. The highest BCUT2D eigenvalue weighted by molar-refractivity contribution is 7.89. The molecule has 3 rings (SSSR count). The van der Waals surface area contributed by atoms with Crippen LogP contribution in [0.4, 0.5) is 11.4 Å². The van der Waals surface area contributed by atoms with Crippen LogP contribution in [-0.2, 0) is 21.2 Å². The van der Waals surface area contributed by atoms with Crippen molar-refractivity contribution in [3.8, 4) is 0 Å². The molecule has 0 aliphatic rings. The number of nitrogens with one attached hydrogen (secondary N) is 2. The monoisotopic (exact) mass is 481 g/mol.